The molecule has 2 aliphatic carbocycles. The van der Waals surface area contributed by atoms with Crippen LogP contribution in [-0.4, -0.2) is 9.78 Å². The van der Waals surface area contributed by atoms with Crippen molar-refractivity contribution in [2.45, 2.75) is 38.8 Å². The summed E-state index contributed by atoms with van der Waals surface area (Å²) in [4.78, 5) is 0. The first-order valence-electron chi connectivity index (χ1n) is 6.07. The first-order valence-corrected chi connectivity index (χ1v) is 6.07. The second kappa shape index (κ2) is 3.34. The summed E-state index contributed by atoms with van der Waals surface area (Å²) in [6, 6.07) is 2.29. The number of nitrogens with two attached hydrogens (primary N) is 1. The van der Waals surface area contributed by atoms with Crippen LogP contribution in [0.1, 0.15) is 37.9 Å². The minimum Gasteiger partial charge on any atom is -0.322 e. The van der Waals surface area contributed by atoms with Crippen LogP contribution in [0.15, 0.2) is 12.3 Å². The molecule has 1 aromatic heterocycles. The highest BCUT2D eigenvalue weighted by molar-refractivity contribution is 5.11. The lowest BCUT2D eigenvalue weighted by molar-refractivity contribution is 0.383. The van der Waals surface area contributed by atoms with Gasteiger partial charge in [0, 0.05) is 18.8 Å². The summed E-state index contributed by atoms with van der Waals surface area (Å²) < 4.78 is 2.04. The van der Waals surface area contributed by atoms with Crippen molar-refractivity contribution in [3.8, 4) is 0 Å². The van der Waals surface area contributed by atoms with E-state index in [1.54, 1.807) is 0 Å². The van der Waals surface area contributed by atoms with Crippen LogP contribution in [-0.2, 0) is 6.54 Å². The van der Waals surface area contributed by atoms with E-state index in [2.05, 4.69) is 18.1 Å². The third-order valence-corrected chi connectivity index (χ3v) is 4.18. The smallest absolute Gasteiger partial charge is 0.0554 e. The molecule has 0 aliphatic heterocycles. The third-order valence-electron chi connectivity index (χ3n) is 4.18. The van der Waals surface area contributed by atoms with Crippen LogP contribution < -0.4 is 5.73 Å². The van der Waals surface area contributed by atoms with Crippen molar-refractivity contribution in [2.75, 3.05) is 0 Å². The molecule has 0 bridgehead atoms. The molecule has 3 unspecified atom stereocenters. The van der Waals surface area contributed by atoms with Crippen LogP contribution >= 0.6 is 0 Å². The second-order valence-corrected chi connectivity index (χ2v) is 5.08. The van der Waals surface area contributed by atoms with Gasteiger partial charge in [0.2, 0.25) is 0 Å². The number of rotatable bonds is 3. The van der Waals surface area contributed by atoms with Crippen molar-refractivity contribution in [3.63, 3.8) is 0 Å². The number of fused-ring (bicyclic) bond motifs is 1. The Labute approximate surface area is 90.7 Å². The normalized spacial score (nSPS) is 35.2. The number of hydrogen-bond acceptors (Lipinski definition) is 2. The van der Waals surface area contributed by atoms with E-state index >= 15 is 0 Å². The van der Waals surface area contributed by atoms with Crippen LogP contribution in [0.4, 0.5) is 0 Å². The van der Waals surface area contributed by atoms with Crippen LogP contribution in [0.3, 0.4) is 0 Å². The molecule has 2 saturated carbocycles. The largest absolute Gasteiger partial charge is 0.322 e. The molecule has 15 heavy (non-hydrogen) atoms. The molecule has 3 atom stereocenters. The molecule has 1 heterocycles. The summed E-state index contributed by atoms with van der Waals surface area (Å²) in [6.45, 7) is 3.05. The van der Waals surface area contributed by atoms with Gasteiger partial charge in [0.1, 0.15) is 0 Å². The van der Waals surface area contributed by atoms with Gasteiger partial charge >= 0.3 is 0 Å². The summed E-state index contributed by atoms with van der Waals surface area (Å²) in [7, 11) is 0. The van der Waals surface area contributed by atoms with E-state index in [9.17, 15) is 0 Å². The lowest BCUT2D eigenvalue weighted by atomic mass is 9.93. The monoisotopic (exact) mass is 205 g/mol. The van der Waals surface area contributed by atoms with Gasteiger partial charge in [0.25, 0.3) is 0 Å². The number of nitrogens with zero attached hydrogens (tertiary/aromatic N) is 2. The van der Waals surface area contributed by atoms with Gasteiger partial charge in [-0.25, -0.2) is 0 Å². The van der Waals surface area contributed by atoms with Crippen LogP contribution in [0.25, 0.3) is 0 Å². The molecule has 0 radical (unpaired) electrons. The minimum absolute atomic E-state index is 0.209. The van der Waals surface area contributed by atoms with E-state index < -0.39 is 0 Å². The zero-order valence-corrected chi connectivity index (χ0v) is 9.26. The molecule has 3 nitrogen and oxygen atoms in total. The number of aryl methyl sites for hydroxylation is 1. The molecular formula is C12H19N3. The quantitative estimate of drug-likeness (QED) is 0.819. The van der Waals surface area contributed by atoms with Gasteiger partial charge < -0.3 is 5.73 Å². The summed E-state index contributed by atoms with van der Waals surface area (Å²) in [6.07, 6.45) is 6.03. The fourth-order valence-electron chi connectivity index (χ4n) is 3.19. The number of hydrogen-bond donors (Lipinski definition) is 1. The Kier molecular flexibility index (Phi) is 2.09. The van der Waals surface area contributed by atoms with Gasteiger partial charge in [-0.2, -0.15) is 5.10 Å². The lowest BCUT2D eigenvalue weighted by Crippen LogP contribution is -2.23. The van der Waals surface area contributed by atoms with Crippen LogP contribution in [0.2, 0.25) is 0 Å². The summed E-state index contributed by atoms with van der Waals surface area (Å²) in [5.41, 5.74) is 7.57. The Hall–Kier alpha value is -0.830. The van der Waals surface area contributed by atoms with E-state index in [-0.39, 0.29) is 6.04 Å². The molecule has 0 spiro atoms. The SMILES string of the molecule is CCn1nccc1C(N)C1CC2CC2C1. The highest BCUT2D eigenvalue weighted by atomic mass is 15.3. The van der Waals surface area contributed by atoms with Crippen molar-refractivity contribution in [2.24, 2.45) is 23.5 Å². The van der Waals surface area contributed by atoms with Crippen molar-refractivity contribution in [1.29, 1.82) is 0 Å². The van der Waals surface area contributed by atoms with Crippen LogP contribution in [0.5, 0.6) is 0 Å². The molecule has 0 amide bonds. The molecular weight excluding hydrogens is 186 g/mol. The van der Waals surface area contributed by atoms with E-state index in [1.807, 2.05) is 10.9 Å². The zero-order valence-electron chi connectivity index (χ0n) is 9.26. The highest BCUT2D eigenvalue weighted by Crippen LogP contribution is 2.56. The Morgan fingerprint density at radius 1 is 1.47 bits per heavy atom. The second-order valence-electron chi connectivity index (χ2n) is 5.08. The molecule has 2 N–H and O–H groups in total. The van der Waals surface area contributed by atoms with Gasteiger partial charge in [-0.05, 0) is 50.0 Å². The molecule has 1 aromatic rings. The lowest BCUT2D eigenvalue weighted by Gasteiger charge is -2.21. The average Bonchev–Trinajstić information content (AvgIpc) is 2.72. The molecule has 82 valence electrons. The minimum atomic E-state index is 0.209. The van der Waals surface area contributed by atoms with E-state index in [4.69, 9.17) is 5.73 Å². The van der Waals surface area contributed by atoms with Gasteiger partial charge in [-0.1, -0.05) is 0 Å². The summed E-state index contributed by atoms with van der Waals surface area (Å²) in [5.74, 6) is 2.73. The van der Waals surface area contributed by atoms with E-state index in [0.29, 0.717) is 5.92 Å². The Bertz CT molecular complexity index is 348. The van der Waals surface area contributed by atoms with Crippen molar-refractivity contribution in [1.82, 2.24) is 9.78 Å². The molecule has 3 rings (SSSR count). The maximum Gasteiger partial charge on any atom is 0.0554 e. The fraction of sp³-hybridized carbons (Fsp3) is 0.750. The first kappa shape index (κ1) is 9.40. The van der Waals surface area contributed by atoms with Gasteiger partial charge in [0.05, 0.1) is 5.69 Å². The summed E-state index contributed by atoms with van der Waals surface area (Å²) in [5, 5.41) is 4.29. The van der Waals surface area contributed by atoms with Gasteiger partial charge in [0.15, 0.2) is 0 Å². The van der Waals surface area contributed by atoms with E-state index in [0.717, 1.165) is 18.4 Å². The summed E-state index contributed by atoms with van der Waals surface area (Å²) >= 11 is 0. The maximum atomic E-state index is 6.34. The molecule has 3 heteroatoms. The zero-order chi connectivity index (χ0) is 10.4. The van der Waals surface area contributed by atoms with Gasteiger partial charge in [-0.15, -0.1) is 0 Å². The average molecular weight is 205 g/mol. The van der Waals surface area contributed by atoms with Crippen LogP contribution in [0, 0.1) is 17.8 Å². The first-order chi connectivity index (χ1) is 7.29. The third kappa shape index (κ3) is 1.49. The topological polar surface area (TPSA) is 43.8 Å². The molecule has 0 aromatic carbocycles. The van der Waals surface area contributed by atoms with Crippen molar-refractivity contribution < 1.29 is 0 Å². The fourth-order valence-corrected chi connectivity index (χ4v) is 3.19. The molecule has 2 fully saturated rings. The standard InChI is InChI=1S/C12H19N3/c1-2-15-11(3-4-14-15)12(13)10-6-8-5-9(8)7-10/h3-4,8-10,12H,2,5-7,13H2,1H3. The molecule has 2 aliphatic rings. The Morgan fingerprint density at radius 3 is 2.87 bits per heavy atom. The predicted octanol–water partition coefficient (Wildman–Crippen LogP) is 1.95. The molecule has 0 saturated heterocycles. The predicted molar refractivity (Wildman–Crippen MR) is 59.2 cm³/mol. The highest BCUT2D eigenvalue weighted by Gasteiger charge is 2.47. The Balaban J connectivity index is 1.75. The van der Waals surface area contributed by atoms with Gasteiger partial charge in [-0.3, -0.25) is 4.68 Å². The van der Waals surface area contributed by atoms with E-state index in [1.165, 1.54) is 25.0 Å². The number of aromatic nitrogens is 2. The van der Waals surface area contributed by atoms with Crippen molar-refractivity contribution >= 4 is 0 Å². The Morgan fingerprint density at radius 2 is 2.20 bits per heavy atom. The maximum absolute atomic E-state index is 6.34. The van der Waals surface area contributed by atoms with Crippen molar-refractivity contribution in [3.05, 3.63) is 18.0 Å².